The molecule has 0 fully saturated rings. The van der Waals surface area contributed by atoms with Gasteiger partial charge in [0.1, 0.15) is 6.04 Å². The van der Waals surface area contributed by atoms with Crippen molar-refractivity contribution in [1.29, 1.82) is 0 Å². The van der Waals surface area contributed by atoms with E-state index in [9.17, 15) is 14.4 Å². The highest BCUT2D eigenvalue weighted by Gasteiger charge is 2.46. The van der Waals surface area contributed by atoms with Gasteiger partial charge in [0.2, 0.25) is 5.91 Å². The van der Waals surface area contributed by atoms with Gasteiger partial charge in [0.05, 0.1) is 23.9 Å². The molecule has 0 bridgehead atoms. The van der Waals surface area contributed by atoms with Crippen LogP contribution in [-0.4, -0.2) is 78.9 Å². The van der Waals surface area contributed by atoms with E-state index in [2.05, 4.69) is 10.6 Å². The fourth-order valence-electron chi connectivity index (χ4n) is 3.82. The summed E-state index contributed by atoms with van der Waals surface area (Å²) in [5.41, 5.74) is 1.61. The zero-order valence-electron chi connectivity index (χ0n) is 18.0. The maximum atomic E-state index is 13.4. The Bertz CT molecular complexity index is 934. The zero-order chi connectivity index (χ0) is 22.9. The number of nitrogens with zero attached hydrogens (tertiary/aromatic N) is 3. The number of nitrogens with one attached hydrogen (secondary N) is 2. The van der Waals surface area contributed by atoms with Gasteiger partial charge in [-0.05, 0) is 45.6 Å². The van der Waals surface area contributed by atoms with Crippen LogP contribution in [0.15, 0.2) is 29.5 Å². The smallest absolute Gasteiger partial charge is 0.322 e. The van der Waals surface area contributed by atoms with Crippen molar-refractivity contribution >= 4 is 41.0 Å². The molecular formula is C21H27Cl2N5O3. The lowest BCUT2D eigenvalue weighted by Crippen LogP contribution is -2.48. The van der Waals surface area contributed by atoms with E-state index in [0.717, 1.165) is 0 Å². The maximum Gasteiger partial charge on any atom is 0.322 e. The number of carbonyl (C=O) groups excluding carboxylic acids is 3. The second-order valence-corrected chi connectivity index (χ2v) is 8.70. The maximum absolute atomic E-state index is 13.4. The van der Waals surface area contributed by atoms with Gasteiger partial charge in [-0.3, -0.25) is 14.5 Å². The predicted octanol–water partition coefficient (Wildman–Crippen LogP) is 2.24. The van der Waals surface area contributed by atoms with E-state index in [1.54, 1.807) is 25.1 Å². The number of rotatable bonds is 7. The second kappa shape index (κ2) is 9.46. The van der Waals surface area contributed by atoms with Crippen LogP contribution in [0.4, 0.5) is 4.79 Å². The summed E-state index contributed by atoms with van der Waals surface area (Å²) in [7, 11) is 3.84. The molecule has 2 aliphatic rings. The topological polar surface area (TPSA) is 85.0 Å². The van der Waals surface area contributed by atoms with Gasteiger partial charge in [-0.15, -0.1) is 0 Å². The Morgan fingerprint density at radius 3 is 2.65 bits per heavy atom. The number of hydrogen-bond acceptors (Lipinski definition) is 4. The number of amides is 4. The van der Waals surface area contributed by atoms with E-state index in [0.29, 0.717) is 46.5 Å². The van der Waals surface area contributed by atoms with Crippen molar-refractivity contribution in [3.8, 4) is 0 Å². The molecule has 1 aromatic carbocycles. The summed E-state index contributed by atoms with van der Waals surface area (Å²) in [5, 5.41) is 6.56. The molecule has 2 N–H and O–H groups in total. The third kappa shape index (κ3) is 4.66. The largest absolute Gasteiger partial charge is 0.353 e. The summed E-state index contributed by atoms with van der Waals surface area (Å²) in [5.74, 6) is -0.529. The van der Waals surface area contributed by atoms with Crippen molar-refractivity contribution in [3.63, 3.8) is 0 Å². The zero-order valence-corrected chi connectivity index (χ0v) is 19.5. The summed E-state index contributed by atoms with van der Waals surface area (Å²) in [4.78, 5) is 43.8. The first kappa shape index (κ1) is 23.4. The van der Waals surface area contributed by atoms with Gasteiger partial charge >= 0.3 is 6.03 Å². The van der Waals surface area contributed by atoms with E-state index in [1.807, 2.05) is 25.9 Å². The molecule has 0 saturated carbocycles. The number of urea groups is 1. The van der Waals surface area contributed by atoms with Crippen molar-refractivity contribution in [3.05, 3.63) is 45.1 Å². The molecule has 2 atom stereocenters. The highest BCUT2D eigenvalue weighted by Crippen LogP contribution is 2.39. The van der Waals surface area contributed by atoms with Gasteiger partial charge in [-0.1, -0.05) is 29.3 Å². The first-order valence-corrected chi connectivity index (χ1v) is 10.9. The molecule has 168 valence electrons. The summed E-state index contributed by atoms with van der Waals surface area (Å²) in [6, 6.07) is 3.24. The number of likely N-dealkylation sites (N-methyl/N-ethyl adjacent to an activating group) is 2. The second-order valence-electron chi connectivity index (χ2n) is 7.86. The van der Waals surface area contributed by atoms with E-state index in [1.165, 1.54) is 9.80 Å². The van der Waals surface area contributed by atoms with Crippen LogP contribution in [0.25, 0.3) is 0 Å². The van der Waals surface area contributed by atoms with Crippen LogP contribution in [0.5, 0.6) is 0 Å². The number of hydrogen-bond donors (Lipinski definition) is 2. The first-order chi connectivity index (χ1) is 14.6. The van der Waals surface area contributed by atoms with Crippen LogP contribution < -0.4 is 10.6 Å². The molecular weight excluding hydrogens is 441 g/mol. The summed E-state index contributed by atoms with van der Waals surface area (Å²) < 4.78 is 0. The number of benzene rings is 1. The highest BCUT2D eigenvalue weighted by atomic mass is 35.5. The average Bonchev–Trinajstić information content (AvgIpc) is 3.03. The lowest BCUT2D eigenvalue weighted by molar-refractivity contribution is -0.135. The van der Waals surface area contributed by atoms with Crippen LogP contribution in [0.1, 0.15) is 25.5 Å². The van der Waals surface area contributed by atoms with E-state index < -0.39 is 12.1 Å². The van der Waals surface area contributed by atoms with Crippen LogP contribution in [-0.2, 0) is 9.59 Å². The predicted molar refractivity (Wildman–Crippen MR) is 120 cm³/mol. The van der Waals surface area contributed by atoms with Crippen molar-refractivity contribution < 1.29 is 14.4 Å². The fourth-order valence-corrected chi connectivity index (χ4v) is 4.34. The van der Waals surface area contributed by atoms with E-state index >= 15 is 0 Å². The molecule has 4 amide bonds. The Hall–Kier alpha value is -2.29. The average molecular weight is 468 g/mol. The minimum atomic E-state index is -0.712. The Morgan fingerprint density at radius 2 is 2.03 bits per heavy atom. The third-order valence-corrected chi connectivity index (χ3v) is 6.11. The van der Waals surface area contributed by atoms with Crippen LogP contribution >= 0.6 is 23.2 Å². The van der Waals surface area contributed by atoms with Crippen molar-refractivity contribution in [2.24, 2.45) is 0 Å². The van der Waals surface area contributed by atoms with Crippen molar-refractivity contribution in [1.82, 2.24) is 25.3 Å². The van der Waals surface area contributed by atoms with Crippen LogP contribution in [0, 0.1) is 0 Å². The first-order valence-electron chi connectivity index (χ1n) is 10.1. The molecule has 0 aromatic heterocycles. The van der Waals surface area contributed by atoms with Gasteiger partial charge in [0.15, 0.2) is 0 Å². The number of halogens is 2. The standard InChI is InChI=1S/C21H27Cl2N5O3/c1-5-27-16-11-28(12(2)19(29)24-8-9-26(3)4)20(30)17(16)18(25-21(27)31)14-7-6-13(22)10-15(14)23/h6-7,10,12,18H,5,8-9,11H2,1-4H3,(H,24,29)(H,25,31). The Kier molecular flexibility index (Phi) is 7.13. The monoisotopic (exact) mass is 467 g/mol. The highest BCUT2D eigenvalue weighted by molar-refractivity contribution is 6.35. The van der Waals surface area contributed by atoms with Crippen molar-refractivity contribution in [2.75, 3.05) is 40.3 Å². The van der Waals surface area contributed by atoms with Gasteiger partial charge in [0, 0.05) is 29.7 Å². The summed E-state index contributed by atoms with van der Waals surface area (Å²) in [6.45, 7) is 5.28. The van der Waals surface area contributed by atoms with Gasteiger partial charge in [-0.25, -0.2) is 4.79 Å². The molecule has 2 unspecified atom stereocenters. The lowest BCUT2D eigenvalue weighted by Gasteiger charge is -2.33. The van der Waals surface area contributed by atoms with E-state index in [-0.39, 0.29) is 24.4 Å². The Balaban J connectivity index is 1.89. The molecule has 0 aliphatic carbocycles. The normalized spacial score (nSPS) is 19.6. The molecule has 0 spiro atoms. The molecule has 31 heavy (non-hydrogen) atoms. The van der Waals surface area contributed by atoms with E-state index in [4.69, 9.17) is 23.2 Å². The molecule has 3 rings (SSSR count). The molecule has 1 aromatic rings. The third-order valence-electron chi connectivity index (χ3n) is 5.54. The van der Waals surface area contributed by atoms with Gasteiger partial charge in [0.25, 0.3) is 5.91 Å². The Morgan fingerprint density at radius 1 is 1.32 bits per heavy atom. The van der Waals surface area contributed by atoms with Crippen molar-refractivity contribution in [2.45, 2.75) is 25.9 Å². The SMILES string of the molecule is CCN1C(=O)NC(c2ccc(Cl)cc2Cl)C2=C1CN(C(C)C(=O)NCCN(C)C)C2=O. The Labute approximate surface area is 192 Å². The fraction of sp³-hybridized carbons (Fsp3) is 0.476. The molecule has 10 heteroatoms. The quantitative estimate of drug-likeness (QED) is 0.643. The lowest BCUT2D eigenvalue weighted by atomic mass is 9.95. The molecule has 0 saturated heterocycles. The van der Waals surface area contributed by atoms with Gasteiger partial charge in [-0.2, -0.15) is 0 Å². The van der Waals surface area contributed by atoms with Crippen LogP contribution in [0.2, 0.25) is 10.0 Å². The summed E-state index contributed by atoms with van der Waals surface area (Å²) in [6.07, 6.45) is 0. The molecule has 0 radical (unpaired) electrons. The molecule has 2 aliphatic heterocycles. The molecule has 2 heterocycles. The minimum Gasteiger partial charge on any atom is -0.353 e. The minimum absolute atomic E-state index is 0.180. The van der Waals surface area contributed by atoms with Gasteiger partial charge < -0.3 is 20.4 Å². The molecule has 8 nitrogen and oxygen atoms in total. The van der Waals surface area contributed by atoms with Crippen LogP contribution in [0.3, 0.4) is 0 Å². The number of carbonyl (C=O) groups is 3. The summed E-state index contributed by atoms with van der Waals surface area (Å²) >= 11 is 12.4.